The predicted octanol–water partition coefficient (Wildman–Crippen LogP) is 5.49. The van der Waals surface area contributed by atoms with E-state index in [4.69, 9.17) is 23.2 Å². The van der Waals surface area contributed by atoms with Crippen LogP contribution in [0.3, 0.4) is 0 Å². The van der Waals surface area contributed by atoms with Gasteiger partial charge in [0, 0.05) is 28.4 Å². The molecule has 2 rings (SSSR count). The summed E-state index contributed by atoms with van der Waals surface area (Å²) in [5.41, 5.74) is 2.74. The SMILES string of the molecule is CCN(CC)Cc1ccc(NC(=O)/C=C/c2ccc(Cl)cc2Cl)cc1. The van der Waals surface area contributed by atoms with Gasteiger partial charge in [-0.1, -0.05) is 55.2 Å². The third kappa shape index (κ3) is 6.20. The molecule has 0 aliphatic rings. The van der Waals surface area contributed by atoms with Gasteiger partial charge in [-0.15, -0.1) is 0 Å². The third-order valence-corrected chi connectivity index (χ3v) is 4.46. The lowest BCUT2D eigenvalue weighted by Gasteiger charge is -2.18. The summed E-state index contributed by atoms with van der Waals surface area (Å²) < 4.78 is 0. The highest BCUT2D eigenvalue weighted by Crippen LogP contribution is 2.22. The van der Waals surface area contributed by atoms with Crippen LogP contribution in [0.15, 0.2) is 48.5 Å². The van der Waals surface area contributed by atoms with Crippen LogP contribution in [-0.2, 0) is 11.3 Å². The summed E-state index contributed by atoms with van der Waals surface area (Å²) in [4.78, 5) is 14.4. The molecule has 1 amide bonds. The van der Waals surface area contributed by atoms with E-state index in [1.54, 1.807) is 24.3 Å². The molecule has 1 N–H and O–H groups in total. The van der Waals surface area contributed by atoms with Gasteiger partial charge in [0.2, 0.25) is 5.91 Å². The fourth-order valence-electron chi connectivity index (χ4n) is 2.38. The smallest absolute Gasteiger partial charge is 0.248 e. The highest BCUT2D eigenvalue weighted by atomic mass is 35.5. The van der Waals surface area contributed by atoms with Crippen molar-refractivity contribution < 1.29 is 4.79 Å². The number of carbonyl (C=O) groups is 1. The van der Waals surface area contributed by atoms with E-state index in [0.717, 1.165) is 30.9 Å². The molecule has 0 saturated carbocycles. The zero-order valence-electron chi connectivity index (χ0n) is 14.4. The minimum absolute atomic E-state index is 0.206. The number of amides is 1. The van der Waals surface area contributed by atoms with Gasteiger partial charge < -0.3 is 5.32 Å². The summed E-state index contributed by atoms with van der Waals surface area (Å²) in [5.74, 6) is -0.206. The van der Waals surface area contributed by atoms with Crippen molar-refractivity contribution in [2.45, 2.75) is 20.4 Å². The van der Waals surface area contributed by atoms with Crippen LogP contribution in [0.25, 0.3) is 6.08 Å². The summed E-state index contributed by atoms with van der Waals surface area (Å²) >= 11 is 11.9. The average molecular weight is 377 g/mol. The van der Waals surface area contributed by atoms with Crippen molar-refractivity contribution in [3.8, 4) is 0 Å². The monoisotopic (exact) mass is 376 g/mol. The number of benzene rings is 2. The Bertz CT molecular complexity index is 738. The topological polar surface area (TPSA) is 32.3 Å². The van der Waals surface area contributed by atoms with Crippen molar-refractivity contribution in [3.05, 3.63) is 69.7 Å². The molecule has 0 saturated heterocycles. The number of hydrogen-bond acceptors (Lipinski definition) is 2. The first-order valence-electron chi connectivity index (χ1n) is 8.27. The van der Waals surface area contributed by atoms with E-state index >= 15 is 0 Å². The molecule has 0 radical (unpaired) electrons. The number of rotatable bonds is 7. The normalized spacial score (nSPS) is 11.2. The van der Waals surface area contributed by atoms with Gasteiger partial charge in [-0.2, -0.15) is 0 Å². The van der Waals surface area contributed by atoms with Crippen LogP contribution in [0.2, 0.25) is 10.0 Å². The van der Waals surface area contributed by atoms with Gasteiger partial charge >= 0.3 is 0 Å². The molecule has 0 bridgehead atoms. The van der Waals surface area contributed by atoms with Crippen LogP contribution in [-0.4, -0.2) is 23.9 Å². The van der Waals surface area contributed by atoms with Gasteiger partial charge in [-0.25, -0.2) is 0 Å². The molecule has 0 unspecified atom stereocenters. The quantitative estimate of drug-likeness (QED) is 0.648. The molecular formula is C20H22Cl2N2O. The number of nitrogens with zero attached hydrogens (tertiary/aromatic N) is 1. The van der Waals surface area contributed by atoms with E-state index in [1.807, 2.05) is 24.3 Å². The molecule has 2 aromatic carbocycles. The largest absolute Gasteiger partial charge is 0.323 e. The molecule has 0 fully saturated rings. The molecule has 0 aliphatic carbocycles. The first-order chi connectivity index (χ1) is 12.0. The van der Waals surface area contributed by atoms with Crippen LogP contribution in [0.1, 0.15) is 25.0 Å². The minimum atomic E-state index is -0.206. The number of hydrogen-bond donors (Lipinski definition) is 1. The van der Waals surface area contributed by atoms with E-state index in [1.165, 1.54) is 11.6 Å². The summed E-state index contributed by atoms with van der Waals surface area (Å²) in [6.07, 6.45) is 3.13. The summed E-state index contributed by atoms with van der Waals surface area (Å²) in [6, 6.07) is 13.1. The minimum Gasteiger partial charge on any atom is -0.323 e. The van der Waals surface area contributed by atoms with Crippen LogP contribution in [0.4, 0.5) is 5.69 Å². The zero-order chi connectivity index (χ0) is 18.2. The molecule has 0 spiro atoms. The Morgan fingerprint density at radius 1 is 1.08 bits per heavy atom. The molecular weight excluding hydrogens is 355 g/mol. The lowest BCUT2D eigenvalue weighted by Crippen LogP contribution is -2.22. The molecule has 0 atom stereocenters. The van der Waals surface area contributed by atoms with Crippen molar-refractivity contribution >= 4 is 40.9 Å². The van der Waals surface area contributed by atoms with E-state index in [-0.39, 0.29) is 5.91 Å². The third-order valence-electron chi connectivity index (χ3n) is 3.90. The molecule has 5 heteroatoms. The fraction of sp³-hybridized carbons (Fsp3) is 0.250. The first kappa shape index (κ1) is 19.5. The van der Waals surface area contributed by atoms with E-state index in [9.17, 15) is 4.79 Å². The molecule has 25 heavy (non-hydrogen) atoms. The second-order valence-electron chi connectivity index (χ2n) is 5.65. The van der Waals surface area contributed by atoms with Gasteiger partial charge in [0.05, 0.1) is 0 Å². The summed E-state index contributed by atoms with van der Waals surface area (Å²) in [7, 11) is 0. The summed E-state index contributed by atoms with van der Waals surface area (Å²) in [5, 5.41) is 3.92. The highest BCUT2D eigenvalue weighted by Gasteiger charge is 2.03. The molecule has 0 heterocycles. The molecule has 0 aromatic heterocycles. The van der Waals surface area contributed by atoms with Crippen LogP contribution >= 0.6 is 23.2 Å². The maximum atomic E-state index is 12.0. The lowest BCUT2D eigenvalue weighted by atomic mass is 10.2. The zero-order valence-corrected chi connectivity index (χ0v) is 15.9. The number of anilines is 1. The van der Waals surface area contributed by atoms with Crippen LogP contribution < -0.4 is 5.32 Å². The van der Waals surface area contributed by atoms with Gasteiger partial charge in [-0.3, -0.25) is 9.69 Å². The lowest BCUT2D eigenvalue weighted by molar-refractivity contribution is -0.111. The Morgan fingerprint density at radius 3 is 2.36 bits per heavy atom. The van der Waals surface area contributed by atoms with Gasteiger partial charge in [0.15, 0.2) is 0 Å². The Morgan fingerprint density at radius 2 is 1.76 bits per heavy atom. The Kier molecular flexibility index (Phi) is 7.51. The highest BCUT2D eigenvalue weighted by molar-refractivity contribution is 6.35. The Balaban J connectivity index is 1.95. The predicted molar refractivity (Wildman–Crippen MR) is 107 cm³/mol. The van der Waals surface area contributed by atoms with E-state index in [2.05, 4.69) is 24.1 Å². The Hall–Kier alpha value is -1.81. The standard InChI is InChI=1S/C20H22Cl2N2O/c1-3-24(4-2)14-15-5-10-18(11-6-15)23-20(25)12-8-16-7-9-17(21)13-19(16)22/h5-13H,3-4,14H2,1-2H3,(H,23,25)/b12-8+. The van der Waals surface area contributed by atoms with Crippen LogP contribution in [0.5, 0.6) is 0 Å². The van der Waals surface area contributed by atoms with Gasteiger partial charge in [-0.05, 0) is 54.6 Å². The summed E-state index contributed by atoms with van der Waals surface area (Å²) in [6.45, 7) is 7.25. The maximum absolute atomic E-state index is 12.0. The maximum Gasteiger partial charge on any atom is 0.248 e. The number of carbonyl (C=O) groups excluding carboxylic acids is 1. The molecule has 3 nitrogen and oxygen atoms in total. The first-order valence-corrected chi connectivity index (χ1v) is 9.02. The van der Waals surface area contributed by atoms with Crippen molar-refractivity contribution in [1.82, 2.24) is 4.90 Å². The van der Waals surface area contributed by atoms with Crippen molar-refractivity contribution in [1.29, 1.82) is 0 Å². The van der Waals surface area contributed by atoms with Gasteiger partial charge in [0.25, 0.3) is 0 Å². The fourth-order valence-corrected chi connectivity index (χ4v) is 2.86. The molecule has 0 aliphatic heterocycles. The van der Waals surface area contributed by atoms with Crippen molar-refractivity contribution in [3.63, 3.8) is 0 Å². The Labute approximate surface area is 159 Å². The van der Waals surface area contributed by atoms with Crippen molar-refractivity contribution in [2.75, 3.05) is 18.4 Å². The second-order valence-corrected chi connectivity index (χ2v) is 6.49. The number of nitrogens with one attached hydrogen (secondary N) is 1. The van der Waals surface area contributed by atoms with Crippen molar-refractivity contribution in [2.24, 2.45) is 0 Å². The number of halogens is 2. The molecule has 132 valence electrons. The van der Waals surface area contributed by atoms with E-state index in [0.29, 0.717) is 10.0 Å². The average Bonchev–Trinajstić information content (AvgIpc) is 2.60. The van der Waals surface area contributed by atoms with E-state index < -0.39 is 0 Å². The van der Waals surface area contributed by atoms with Gasteiger partial charge in [0.1, 0.15) is 0 Å². The molecule has 2 aromatic rings. The second kappa shape index (κ2) is 9.62. The van der Waals surface area contributed by atoms with Crippen LogP contribution in [0, 0.1) is 0 Å².